The van der Waals surface area contributed by atoms with Crippen LogP contribution in [-0.4, -0.2) is 13.4 Å². The summed E-state index contributed by atoms with van der Waals surface area (Å²) in [6.45, 7) is 0.289. The van der Waals surface area contributed by atoms with Crippen LogP contribution in [0.2, 0.25) is 10.0 Å². The van der Waals surface area contributed by atoms with E-state index in [9.17, 15) is 8.42 Å². The molecule has 0 aliphatic carbocycles. The molecule has 0 radical (unpaired) electrons. The number of sulfonamides is 1. The van der Waals surface area contributed by atoms with Gasteiger partial charge in [-0.25, -0.2) is 4.98 Å². The van der Waals surface area contributed by atoms with Crippen molar-refractivity contribution < 1.29 is 8.42 Å². The average molecular weight is 332 g/mol. The molecule has 0 saturated carbocycles. The first kappa shape index (κ1) is 15.1. The molecule has 1 aromatic heterocycles. The lowest BCUT2D eigenvalue weighted by atomic mass is 10.3. The maximum absolute atomic E-state index is 12.2. The van der Waals surface area contributed by atoms with Gasteiger partial charge in [0, 0.05) is 12.7 Å². The van der Waals surface area contributed by atoms with E-state index in [1.807, 2.05) is 0 Å². The van der Waals surface area contributed by atoms with E-state index in [2.05, 4.69) is 9.71 Å². The predicted octanol–water partition coefficient (Wildman–Crippen LogP) is 2.65. The molecule has 0 fully saturated rings. The van der Waals surface area contributed by atoms with Gasteiger partial charge in [0.15, 0.2) is 5.03 Å². The van der Waals surface area contributed by atoms with Crippen LogP contribution in [0.1, 0.15) is 5.56 Å². The van der Waals surface area contributed by atoms with Crippen LogP contribution in [0.5, 0.6) is 0 Å². The van der Waals surface area contributed by atoms with Crippen LogP contribution in [-0.2, 0) is 16.6 Å². The van der Waals surface area contributed by atoms with Gasteiger partial charge < -0.3 is 5.73 Å². The Morgan fingerprint density at radius 2 is 1.80 bits per heavy atom. The molecule has 8 heteroatoms. The highest BCUT2D eigenvalue weighted by atomic mass is 35.5. The minimum Gasteiger partial charge on any atom is -0.326 e. The highest BCUT2D eigenvalue weighted by Crippen LogP contribution is 2.31. The van der Waals surface area contributed by atoms with E-state index in [1.165, 1.54) is 24.4 Å². The Kier molecular flexibility index (Phi) is 4.49. The number of anilines is 1. The lowest BCUT2D eigenvalue weighted by Gasteiger charge is -2.10. The van der Waals surface area contributed by atoms with Crippen molar-refractivity contribution in [3.05, 3.63) is 52.1 Å². The van der Waals surface area contributed by atoms with Gasteiger partial charge in [-0.05, 0) is 23.8 Å². The molecule has 1 heterocycles. The van der Waals surface area contributed by atoms with E-state index in [4.69, 9.17) is 28.9 Å². The maximum atomic E-state index is 12.2. The molecule has 0 atom stereocenters. The average Bonchev–Trinajstić information content (AvgIpc) is 2.43. The monoisotopic (exact) mass is 331 g/mol. The largest absolute Gasteiger partial charge is 0.326 e. The summed E-state index contributed by atoms with van der Waals surface area (Å²) in [5, 5.41) is 0.282. The van der Waals surface area contributed by atoms with Crippen LogP contribution in [0.3, 0.4) is 0 Å². The smallest absolute Gasteiger partial charge is 0.279 e. The van der Waals surface area contributed by atoms with Gasteiger partial charge in [0.05, 0.1) is 15.7 Å². The summed E-state index contributed by atoms with van der Waals surface area (Å²) >= 11 is 11.8. The van der Waals surface area contributed by atoms with E-state index in [0.29, 0.717) is 0 Å². The molecule has 3 N–H and O–H groups in total. The lowest BCUT2D eigenvalue weighted by molar-refractivity contribution is 0.597. The molecule has 0 spiro atoms. The molecule has 2 rings (SSSR count). The number of benzene rings is 1. The second-order valence-electron chi connectivity index (χ2n) is 3.91. The van der Waals surface area contributed by atoms with Crippen LogP contribution < -0.4 is 10.5 Å². The fourth-order valence-electron chi connectivity index (χ4n) is 1.47. The fourth-order valence-corrected chi connectivity index (χ4v) is 3.11. The van der Waals surface area contributed by atoms with Gasteiger partial charge >= 0.3 is 0 Å². The quantitative estimate of drug-likeness (QED) is 0.901. The van der Waals surface area contributed by atoms with E-state index < -0.39 is 10.0 Å². The standard InChI is InChI=1S/C12H11Cl2N3O2S/c13-9-2-1-3-10(14)12(9)17-20(18,19)11-5-4-8(6-15)7-16-11/h1-5,7,17H,6,15H2. The molecule has 0 amide bonds. The van der Waals surface area contributed by atoms with Gasteiger partial charge in [-0.15, -0.1) is 0 Å². The second kappa shape index (κ2) is 5.97. The number of hydrogen-bond acceptors (Lipinski definition) is 4. The third kappa shape index (κ3) is 3.21. The summed E-state index contributed by atoms with van der Waals surface area (Å²) in [4.78, 5) is 3.86. The first-order valence-corrected chi connectivity index (χ1v) is 7.80. The van der Waals surface area contributed by atoms with Crippen molar-refractivity contribution >= 4 is 38.9 Å². The van der Waals surface area contributed by atoms with Gasteiger partial charge in [0.1, 0.15) is 0 Å². The molecule has 1 aromatic carbocycles. The lowest BCUT2D eigenvalue weighted by Crippen LogP contribution is -2.15. The Morgan fingerprint density at radius 1 is 1.15 bits per heavy atom. The minimum atomic E-state index is -3.85. The normalized spacial score (nSPS) is 11.3. The number of hydrogen-bond donors (Lipinski definition) is 2. The Balaban J connectivity index is 2.35. The highest BCUT2D eigenvalue weighted by molar-refractivity contribution is 7.92. The topological polar surface area (TPSA) is 85.1 Å². The molecule has 2 aromatic rings. The Morgan fingerprint density at radius 3 is 2.30 bits per heavy atom. The Hall–Kier alpha value is -1.34. The SMILES string of the molecule is NCc1ccc(S(=O)(=O)Nc2c(Cl)cccc2Cl)nc1. The van der Waals surface area contributed by atoms with Crippen molar-refractivity contribution in [2.24, 2.45) is 5.73 Å². The summed E-state index contributed by atoms with van der Waals surface area (Å²) in [5.41, 5.74) is 6.29. The number of para-hydroxylation sites is 1. The number of nitrogens with zero attached hydrogens (tertiary/aromatic N) is 1. The van der Waals surface area contributed by atoms with Crippen LogP contribution in [0.15, 0.2) is 41.6 Å². The molecular formula is C12H11Cl2N3O2S. The Bertz CT molecular complexity index is 698. The first-order chi connectivity index (χ1) is 9.44. The predicted molar refractivity (Wildman–Crippen MR) is 79.4 cm³/mol. The van der Waals surface area contributed by atoms with Gasteiger partial charge in [-0.1, -0.05) is 35.3 Å². The third-order valence-corrected chi connectivity index (χ3v) is 4.40. The van der Waals surface area contributed by atoms with Crippen LogP contribution in [0.25, 0.3) is 0 Å². The van der Waals surface area contributed by atoms with Crippen molar-refractivity contribution in [2.75, 3.05) is 4.72 Å². The number of aromatic nitrogens is 1. The fraction of sp³-hybridized carbons (Fsp3) is 0.0833. The molecule has 0 unspecified atom stereocenters. The van der Waals surface area contributed by atoms with Gasteiger partial charge in [-0.3, -0.25) is 4.72 Å². The van der Waals surface area contributed by atoms with E-state index >= 15 is 0 Å². The summed E-state index contributed by atoms with van der Waals surface area (Å²) in [7, 11) is -3.85. The van der Waals surface area contributed by atoms with Gasteiger partial charge in [-0.2, -0.15) is 8.42 Å². The first-order valence-electron chi connectivity index (χ1n) is 5.56. The zero-order valence-corrected chi connectivity index (χ0v) is 12.5. The third-order valence-electron chi connectivity index (χ3n) is 2.51. The molecule has 0 aliphatic heterocycles. The maximum Gasteiger partial charge on any atom is 0.279 e. The number of halogens is 2. The van der Waals surface area contributed by atoms with E-state index in [1.54, 1.807) is 12.1 Å². The summed E-state index contributed by atoms with van der Waals surface area (Å²) in [5.74, 6) is 0. The second-order valence-corrected chi connectivity index (χ2v) is 6.35. The van der Waals surface area contributed by atoms with Gasteiger partial charge in [0.2, 0.25) is 0 Å². The summed E-state index contributed by atoms with van der Waals surface area (Å²) in [6, 6.07) is 7.66. The van der Waals surface area contributed by atoms with Crippen molar-refractivity contribution in [3.8, 4) is 0 Å². The minimum absolute atomic E-state index is 0.125. The van der Waals surface area contributed by atoms with E-state index in [-0.39, 0.29) is 27.3 Å². The zero-order valence-electron chi connectivity index (χ0n) is 10.2. The molecule has 0 bridgehead atoms. The van der Waals surface area contributed by atoms with Crippen LogP contribution in [0, 0.1) is 0 Å². The molecular weight excluding hydrogens is 321 g/mol. The number of pyridine rings is 1. The summed E-state index contributed by atoms with van der Waals surface area (Å²) < 4.78 is 26.7. The highest BCUT2D eigenvalue weighted by Gasteiger charge is 2.18. The van der Waals surface area contributed by atoms with Gasteiger partial charge in [0.25, 0.3) is 10.0 Å². The molecule has 0 saturated heterocycles. The van der Waals surface area contributed by atoms with E-state index in [0.717, 1.165) is 5.56 Å². The number of nitrogens with one attached hydrogen (secondary N) is 1. The molecule has 5 nitrogen and oxygen atoms in total. The number of nitrogens with two attached hydrogens (primary N) is 1. The van der Waals surface area contributed by atoms with Crippen molar-refractivity contribution in [1.82, 2.24) is 4.98 Å². The molecule has 106 valence electrons. The summed E-state index contributed by atoms with van der Waals surface area (Å²) in [6.07, 6.45) is 1.41. The van der Waals surface area contributed by atoms with Crippen molar-refractivity contribution in [1.29, 1.82) is 0 Å². The van der Waals surface area contributed by atoms with Crippen LogP contribution in [0.4, 0.5) is 5.69 Å². The van der Waals surface area contributed by atoms with Crippen LogP contribution >= 0.6 is 23.2 Å². The Labute approximate surface area is 126 Å². The molecule has 20 heavy (non-hydrogen) atoms. The number of rotatable bonds is 4. The van der Waals surface area contributed by atoms with Crippen molar-refractivity contribution in [2.45, 2.75) is 11.6 Å². The zero-order chi connectivity index (χ0) is 14.8. The van der Waals surface area contributed by atoms with Crippen molar-refractivity contribution in [3.63, 3.8) is 0 Å². The molecule has 0 aliphatic rings.